The Hall–Kier alpha value is -1.36. The largest absolute Gasteiger partial charge is 0.523 e. The molecule has 1 aromatic heterocycles. The van der Waals surface area contributed by atoms with Gasteiger partial charge in [0, 0.05) is 6.54 Å². The molecular formula is C5H8N4O5S. The Morgan fingerprint density at radius 2 is 2.33 bits per heavy atom. The van der Waals surface area contributed by atoms with Crippen LogP contribution in [0.15, 0.2) is 6.20 Å². The monoisotopic (exact) mass is 236 g/mol. The van der Waals surface area contributed by atoms with Gasteiger partial charge in [-0.15, -0.1) is 8.42 Å². The number of aromatic nitrogens is 2. The van der Waals surface area contributed by atoms with Crippen LogP contribution >= 0.6 is 0 Å². The van der Waals surface area contributed by atoms with Crippen LogP contribution in [0.3, 0.4) is 0 Å². The first kappa shape index (κ1) is 10.2. The first-order valence-corrected chi connectivity index (χ1v) is 5.13. The maximum absolute atomic E-state index is 10.9. The van der Waals surface area contributed by atoms with E-state index in [1.165, 1.54) is 0 Å². The summed E-state index contributed by atoms with van der Waals surface area (Å²) in [6.07, 6.45) is 1.08. The summed E-state index contributed by atoms with van der Waals surface area (Å²) >= 11 is 0. The zero-order valence-corrected chi connectivity index (χ0v) is 8.14. The van der Waals surface area contributed by atoms with Crippen LogP contribution in [0.2, 0.25) is 0 Å². The van der Waals surface area contributed by atoms with Gasteiger partial charge in [0.25, 0.3) is 5.88 Å². The SMILES string of the molecule is NCC(N)(O)c1cn2nc1OS(=O)(=O)O2. The number of nitrogens with zero attached hydrogens (tertiary/aromatic N) is 2. The van der Waals surface area contributed by atoms with E-state index >= 15 is 0 Å². The van der Waals surface area contributed by atoms with E-state index in [0.717, 1.165) is 6.20 Å². The third-order valence-corrected chi connectivity index (χ3v) is 2.48. The highest BCUT2D eigenvalue weighted by atomic mass is 32.3. The van der Waals surface area contributed by atoms with Gasteiger partial charge < -0.3 is 15.0 Å². The smallest absolute Gasteiger partial charge is 0.370 e. The molecule has 0 spiro atoms. The zero-order valence-electron chi connectivity index (χ0n) is 7.32. The fraction of sp³-hybridized carbons (Fsp3) is 0.400. The quantitative estimate of drug-likeness (QED) is 0.461. The van der Waals surface area contributed by atoms with Gasteiger partial charge in [-0.3, -0.25) is 5.73 Å². The normalized spacial score (nSPS) is 21.3. The molecule has 0 saturated carbocycles. The van der Waals surface area contributed by atoms with Gasteiger partial charge in [-0.25, -0.2) is 4.28 Å². The fourth-order valence-corrected chi connectivity index (χ4v) is 1.66. The Morgan fingerprint density at radius 1 is 1.67 bits per heavy atom. The van der Waals surface area contributed by atoms with Crippen LogP contribution in [0.5, 0.6) is 5.88 Å². The summed E-state index contributed by atoms with van der Waals surface area (Å²) < 4.78 is 30.4. The van der Waals surface area contributed by atoms with Crippen LogP contribution in [0.25, 0.3) is 0 Å². The average Bonchev–Trinajstić information content (AvgIpc) is 2.41. The third-order valence-electron chi connectivity index (χ3n) is 1.79. The summed E-state index contributed by atoms with van der Waals surface area (Å²) in [5, 5.41) is 13.1. The second kappa shape index (κ2) is 2.82. The van der Waals surface area contributed by atoms with Gasteiger partial charge in [0.1, 0.15) is 0 Å². The van der Waals surface area contributed by atoms with Crippen molar-refractivity contribution >= 4 is 10.4 Å². The molecule has 0 radical (unpaired) electrons. The minimum Gasteiger partial charge on any atom is -0.370 e. The van der Waals surface area contributed by atoms with Crippen molar-refractivity contribution in [1.29, 1.82) is 0 Å². The van der Waals surface area contributed by atoms with E-state index in [9.17, 15) is 13.5 Å². The predicted octanol–water partition coefficient (Wildman–Crippen LogP) is -2.99. The number of hydrogen-bond donors (Lipinski definition) is 3. The average molecular weight is 236 g/mol. The highest BCUT2D eigenvalue weighted by molar-refractivity contribution is 7.82. The Bertz CT molecular complexity index is 492. The first-order chi connectivity index (χ1) is 6.84. The molecule has 1 aliphatic heterocycles. The fourth-order valence-electron chi connectivity index (χ4n) is 1.05. The van der Waals surface area contributed by atoms with Gasteiger partial charge in [0.05, 0.1) is 11.8 Å². The molecule has 2 heterocycles. The van der Waals surface area contributed by atoms with Crippen molar-refractivity contribution in [1.82, 2.24) is 9.94 Å². The summed E-state index contributed by atoms with van der Waals surface area (Å²) in [6, 6.07) is 0. The number of nitrogens with two attached hydrogens (primary N) is 2. The lowest BCUT2D eigenvalue weighted by molar-refractivity contribution is 0.0517. The van der Waals surface area contributed by atoms with Gasteiger partial charge in [-0.2, -0.15) is 0 Å². The molecule has 84 valence electrons. The second-order valence-electron chi connectivity index (χ2n) is 2.94. The minimum absolute atomic E-state index is 0.0638. The molecular weight excluding hydrogens is 228 g/mol. The summed E-state index contributed by atoms with van der Waals surface area (Å²) in [5.41, 5.74) is 8.61. The van der Waals surface area contributed by atoms with Gasteiger partial charge in [-0.05, 0) is 0 Å². The summed E-state index contributed by atoms with van der Waals surface area (Å²) in [6.45, 7) is -0.324. The third kappa shape index (κ3) is 1.63. The molecule has 1 unspecified atom stereocenters. The van der Waals surface area contributed by atoms with Crippen LogP contribution < -0.4 is 19.9 Å². The van der Waals surface area contributed by atoms with Gasteiger partial charge in [-0.1, -0.05) is 9.94 Å². The molecule has 0 amide bonds. The van der Waals surface area contributed by atoms with Crippen molar-refractivity contribution in [3.63, 3.8) is 0 Å². The number of fused-ring (bicyclic) bond motifs is 2. The van der Waals surface area contributed by atoms with Crippen LogP contribution in [0.4, 0.5) is 0 Å². The van der Waals surface area contributed by atoms with Crippen LogP contribution in [0, 0.1) is 0 Å². The molecule has 0 saturated heterocycles. The Kier molecular flexibility index (Phi) is 1.91. The number of aliphatic hydroxyl groups is 1. The standard InChI is InChI=1S/C5H8N4O5S/c6-2-5(7,10)3-1-9-8-4(3)13-15(11,12)14-9/h1,10H,2,6-7H2. The Labute approximate surface area is 84.5 Å². The summed E-state index contributed by atoms with van der Waals surface area (Å²) in [4.78, 5) is 0.622. The van der Waals surface area contributed by atoms with Crippen LogP contribution in [0.1, 0.15) is 5.56 Å². The maximum atomic E-state index is 10.9. The lowest BCUT2D eigenvalue weighted by atomic mass is 10.1. The second-order valence-corrected chi connectivity index (χ2v) is 4.08. The maximum Gasteiger partial charge on any atom is 0.523 e. The summed E-state index contributed by atoms with van der Waals surface area (Å²) in [7, 11) is -4.18. The van der Waals surface area contributed by atoms with E-state index in [1.807, 2.05) is 0 Å². The van der Waals surface area contributed by atoms with Crippen molar-refractivity contribution < 1.29 is 22.0 Å². The van der Waals surface area contributed by atoms with Crippen molar-refractivity contribution in [2.24, 2.45) is 11.5 Å². The van der Waals surface area contributed by atoms with E-state index in [1.54, 1.807) is 0 Å². The predicted molar refractivity (Wildman–Crippen MR) is 45.5 cm³/mol. The molecule has 9 nitrogen and oxygen atoms in total. The van der Waals surface area contributed by atoms with Crippen molar-refractivity contribution in [2.45, 2.75) is 5.72 Å². The molecule has 1 aliphatic rings. The van der Waals surface area contributed by atoms with Gasteiger partial charge >= 0.3 is 10.4 Å². The van der Waals surface area contributed by atoms with Gasteiger partial charge in [0.15, 0.2) is 5.72 Å². The molecule has 10 heteroatoms. The van der Waals surface area contributed by atoms with Crippen molar-refractivity contribution in [3.05, 3.63) is 11.8 Å². The highest BCUT2D eigenvalue weighted by Gasteiger charge is 2.36. The minimum atomic E-state index is -4.18. The van der Waals surface area contributed by atoms with Crippen molar-refractivity contribution in [3.8, 4) is 5.88 Å². The highest BCUT2D eigenvalue weighted by Crippen LogP contribution is 2.27. The van der Waals surface area contributed by atoms with E-state index in [2.05, 4.69) is 13.6 Å². The zero-order chi connectivity index (χ0) is 11.3. The lowest BCUT2D eigenvalue weighted by Crippen LogP contribution is -2.43. The number of hydrogen-bond acceptors (Lipinski definition) is 8. The van der Waals surface area contributed by atoms with Crippen LogP contribution in [-0.2, 0) is 16.1 Å². The van der Waals surface area contributed by atoms with Gasteiger partial charge in [0.2, 0.25) is 0 Å². The molecule has 1 aromatic rings. The molecule has 15 heavy (non-hydrogen) atoms. The van der Waals surface area contributed by atoms with Crippen LogP contribution in [-0.4, -0.2) is 30.0 Å². The molecule has 5 N–H and O–H groups in total. The first-order valence-electron chi connectivity index (χ1n) is 3.80. The molecule has 0 aliphatic carbocycles. The lowest BCUT2D eigenvalue weighted by Gasteiger charge is -2.19. The van der Waals surface area contributed by atoms with E-state index in [-0.39, 0.29) is 18.0 Å². The van der Waals surface area contributed by atoms with Crippen molar-refractivity contribution in [2.75, 3.05) is 6.54 Å². The summed E-state index contributed by atoms with van der Waals surface area (Å²) in [5.74, 6) is -0.350. The van der Waals surface area contributed by atoms with E-state index in [4.69, 9.17) is 11.5 Å². The number of rotatable bonds is 2. The van der Waals surface area contributed by atoms with E-state index in [0.29, 0.717) is 4.85 Å². The Morgan fingerprint density at radius 3 is 2.93 bits per heavy atom. The molecule has 0 fully saturated rings. The van der Waals surface area contributed by atoms with E-state index < -0.39 is 16.1 Å². The Balaban J connectivity index is 2.50. The molecule has 0 aromatic carbocycles. The topological polar surface area (TPSA) is 143 Å². The molecule has 2 bridgehead atoms. The molecule has 1 atom stereocenters. The molecule has 2 rings (SSSR count).